The Morgan fingerprint density at radius 2 is 1.65 bits per heavy atom. The lowest BCUT2D eigenvalue weighted by Gasteiger charge is -2.26. The summed E-state index contributed by atoms with van der Waals surface area (Å²) in [5.41, 5.74) is 0.847. The van der Waals surface area contributed by atoms with Crippen molar-refractivity contribution >= 4 is 29.4 Å². The second-order valence-corrected chi connectivity index (χ2v) is 6.22. The molecule has 0 fully saturated rings. The Bertz CT molecular complexity index is 670. The summed E-state index contributed by atoms with van der Waals surface area (Å²) in [5, 5.41) is 14.5. The molecule has 26 heavy (non-hydrogen) atoms. The van der Waals surface area contributed by atoms with Crippen LogP contribution in [0.15, 0.2) is 24.3 Å². The molecule has 3 amide bonds. The van der Waals surface area contributed by atoms with Crippen LogP contribution in [0.3, 0.4) is 0 Å². The Kier molecular flexibility index (Phi) is 7.77. The number of rotatable bonds is 8. The summed E-state index contributed by atoms with van der Waals surface area (Å²) in [7, 11) is 0. The number of hydrogen-bond acceptors (Lipinski definition) is 4. The maximum Gasteiger partial charge on any atom is 0.326 e. The van der Waals surface area contributed by atoms with Crippen molar-refractivity contribution in [2.24, 2.45) is 5.92 Å². The number of carbonyl (C=O) groups excluding carboxylic acids is 3. The van der Waals surface area contributed by atoms with Gasteiger partial charge in [0.15, 0.2) is 0 Å². The minimum absolute atomic E-state index is 0.0672. The molecule has 8 heteroatoms. The quantitative estimate of drug-likeness (QED) is 0.644. The molecule has 0 aliphatic carbocycles. The van der Waals surface area contributed by atoms with Crippen LogP contribution in [0.25, 0.3) is 0 Å². The van der Waals surface area contributed by atoms with E-state index < -0.39 is 17.9 Å². The van der Waals surface area contributed by atoms with Crippen molar-refractivity contribution in [2.45, 2.75) is 33.7 Å². The van der Waals surface area contributed by atoms with Crippen molar-refractivity contribution in [3.63, 3.8) is 0 Å². The number of hydrogen-bond donors (Lipinski definition) is 3. The van der Waals surface area contributed by atoms with Crippen LogP contribution in [-0.4, -0.2) is 52.8 Å². The molecule has 1 rings (SSSR count). The molecule has 1 aromatic carbocycles. The number of carboxylic acids is 1. The highest BCUT2D eigenvalue weighted by molar-refractivity contribution is 5.97. The third-order valence-electron chi connectivity index (χ3n) is 3.74. The van der Waals surface area contributed by atoms with Crippen LogP contribution >= 0.6 is 0 Å². The van der Waals surface area contributed by atoms with Crippen molar-refractivity contribution in [1.29, 1.82) is 0 Å². The van der Waals surface area contributed by atoms with Crippen molar-refractivity contribution < 1.29 is 24.3 Å². The van der Waals surface area contributed by atoms with Gasteiger partial charge >= 0.3 is 5.97 Å². The number of benzene rings is 1. The fourth-order valence-corrected chi connectivity index (χ4v) is 2.11. The minimum Gasteiger partial charge on any atom is -0.480 e. The monoisotopic (exact) mass is 363 g/mol. The average molecular weight is 363 g/mol. The van der Waals surface area contributed by atoms with Gasteiger partial charge < -0.3 is 20.6 Å². The molecule has 3 N–H and O–H groups in total. The molecular weight excluding hydrogens is 338 g/mol. The molecule has 0 heterocycles. The molecule has 0 radical (unpaired) electrons. The first kappa shape index (κ1) is 21.1. The Balaban J connectivity index is 2.90. The number of aliphatic carboxylic acids is 1. The van der Waals surface area contributed by atoms with Gasteiger partial charge in [-0.05, 0) is 31.2 Å². The van der Waals surface area contributed by atoms with Crippen LogP contribution in [0.5, 0.6) is 0 Å². The summed E-state index contributed by atoms with van der Waals surface area (Å²) in [6, 6.07) is 5.18. The number of nitrogens with one attached hydrogen (secondary N) is 2. The summed E-state index contributed by atoms with van der Waals surface area (Å²) in [5.74, 6) is -2.17. The van der Waals surface area contributed by atoms with E-state index in [0.717, 1.165) is 0 Å². The second-order valence-electron chi connectivity index (χ2n) is 6.22. The van der Waals surface area contributed by atoms with E-state index >= 15 is 0 Å². The smallest absolute Gasteiger partial charge is 0.326 e. The number of carbonyl (C=O) groups is 4. The molecule has 0 spiro atoms. The van der Waals surface area contributed by atoms with Gasteiger partial charge in [-0.25, -0.2) is 4.79 Å². The van der Waals surface area contributed by atoms with Crippen LogP contribution < -0.4 is 10.6 Å². The molecule has 1 aromatic rings. The molecule has 0 bridgehead atoms. The highest BCUT2D eigenvalue weighted by Crippen LogP contribution is 2.14. The first-order chi connectivity index (χ1) is 12.1. The Hall–Kier alpha value is -2.90. The highest BCUT2D eigenvalue weighted by atomic mass is 16.4. The van der Waals surface area contributed by atoms with E-state index in [2.05, 4.69) is 10.6 Å². The third-order valence-corrected chi connectivity index (χ3v) is 3.74. The van der Waals surface area contributed by atoms with E-state index in [4.69, 9.17) is 0 Å². The normalized spacial score (nSPS) is 11.6. The van der Waals surface area contributed by atoms with E-state index in [1.165, 1.54) is 30.9 Å². The molecule has 0 aliphatic heterocycles. The molecule has 0 aliphatic rings. The Morgan fingerprint density at radius 3 is 2.12 bits per heavy atom. The van der Waals surface area contributed by atoms with Crippen LogP contribution in [0.1, 0.15) is 38.1 Å². The zero-order valence-corrected chi connectivity index (χ0v) is 15.4. The van der Waals surface area contributed by atoms with Gasteiger partial charge in [-0.15, -0.1) is 0 Å². The van der Waals surface area contributed by atoms with Crippen molar-refractivity contribution in [3.05, 3.63) is 29.8 Å². The number of carboxylic acid groups (broad SMARTS) is 1. The highest BCUT2D eigenvalue weighted by Gasteiger charge is 2.26. The summed E-state index contributed by atoms with van der Waals surface area (Å²) in [6.45, 7) is 6.52. The van der Waals surface area contributed by atoms with Crippen molar-refractivity contribution in [1.82, 2.24) is 10.2 Å². The SMILES string of the molecule is CC(=O)NCCN(C(=O)c1ccc(NC(=O)C(C)C)cc1)C(C)C(=O)O. The fraction of sp³-hybridized carbons (Fsp3) is 0.444. The summed E-state index contributed by atoms with van der Waals surface area (Å²) in [4.78, 5) is 47.8. The van der Waals surface area contributed by atoms with E-state index in [1.807, 2.05) is 0 Å². The van der Waals surface area contributed by atoms with E-state index in [0.29, 0.717) is 11.3 Å². The summed E-state index contributed by atoms with van der Waals surface area (Å²) >= 11 is 0. The third kappa shape index (κ3) is 6.19. The molecule has 1 atom stereocenters. The number of amides is 3. The minimum atomic E-state index is -1.14. The fourth-order valence-electron chi connectivity index (χ4n) is 2.11. The van der Waals surface area contributed by atoms with Crippen molar-refractivity contribution in [3.8, 4) is 0 Å². The van der Waals surface area contributed by atoms with Gasteiger partial charge in [-0.3, -0.25) is 14.4 Å². The van der Waals surface area contributed by atoms with Gasteiger partial charge in [0.25, 0.3) is 5.91 Å². The predicted octanol–water partition coefficient (Wildman–Crippen LogP) is 1.33. The van der Waals surface area contributed by atoms with E-state index in [-0.39, 0.29) is 30.8 Å². The summed E-state index contributed by atoms with van der Waals surface area (Å²) in [6.07, 6.45) is 0. The molecule has 8 nitrogen and oxygen atoms in total. The van der Waals surface area contributed by atoms with Gasteiger partial charge in [-0.1, -0.05) is 13.8 Å². The largest absolute Gasteiger partial charge is 0.480 e. The first-order valence-electron chi connectivity index (χ1n) is 8.32. The van der Waals surface area contributed by atoms with Crippen LogP contribution in [0, 0.1) is 5.92 Å². The van der Waals surface area contributed by atoms with Gasteiger partial charge in [0, 0.05) is 37.2 Å². The molecule has 1 unspecified atom stereocenters. The van der Waals surface area contributed by atoms with Gasteiger partial charge in [-0.2, -0.15) is 0 Å². The lowest BCUT2D eigenvalue weighted by molar-refractivity contribution is -0.141. The maximum atomic E-state index is 12.7. The Morgan fingerprint density at radius 1 is 1.08 bits per heavy atom. The molecule has 0 saturated carbocycles. The molecule has 0 saturated heterocycles. The zero-order valence-electron chi connectivity index (χ0n) is 15.4. The van der Waals surface area contributed by atoms with Crippen molar-refractivity contribution in [2.75, 3.05) is 18.4 Å². The zero-order chi connectivity index (χ0) is 19.9. The van der Waals surface area contributed by atoms with Gasteiger partial charge in [0.1, 0.15) is 6.04 Å². The molecule has 142 valence electrons. The Labute approximate surface area is 152 Å². The summed E-state index contributed by atoms with van der Waals surface area (Å²) < 4.78 is 0. The molecule has 0 aromatic heterocycles. The van der Waals surface area contributed by atoms with E-state index in [9.17, 15) is 24.3 Å². The lowest BCUT2D eigenvalue weighted by atomic mass is 10.1. The standard InChI is InChI=1S/C18H25N3O5/c1-11(2)16(23)20-15-7-5-14(6-8-15)17(24)21(12(3)18(25)26)10-9-19-13(4)22/h5-8,11-12H,9-10H2,1-4H3,(H,19,22)(H,20,23)(H,25,26). The first-order valence-corrected chi connectivity index (χ1v) is 8.32. The van der Waals surface area contributed by atoms with Gasteiger partial charge in [0.05, 0.1) is 0 Å². The molecular formula is C18H25N3O5. The average Bonchev–Trinajstić information content (AvgIpc) is 2.57. The topological polar surface area (TPSA) is 116 Å². The predicted molar refractivity (Wildman–Crippen MR) is 96.7 cm³/mol. The van der Waals surface area contributed by atoms with Crippen LogP contribution in [0.4, 0.5) is 5.69 Å². The number of nitrogens with zero attached hydrogens (tertiary/aromatic N) is 1. The van der Waals surface area contributed by atoms with Crippen LogP contribution in [-0.2, 0) is 14.4 Å². The maximum absolute atomic E-state index is 12.7. The second kappa shape index (κ2) is 9.55. The van der Waals surface area contributed by atoms with Crippen LogP contribution in [0.2, 0.25) is 0 Å². The number of anilines is 1. The van der Waals surface area contributed by atoms with E-state index in [1.54, 1.807) is 26.0 Å². The lowest BCUT2D eigenvalue weighted by Crippen LogP contribution is -2.46. The van der Waals surface area contributed by atoms with Gasteiger partial charge in [0.2, 0.25) is 11.8 Å².